The molecule has 0 saturated carbocycles. The largest absolute Gasteiger partial charge is 0.395 e. The molecular weight excluding hydrogens is 228 g/mol. The molecule has 3 saturated heterocycles. The second kappa shape index (κ2) is 4.43. The molecule has 0 spiro atoms. The highest BCUT2D eigenvalue weighted by Gasteiger charge is 2.73. The van der Waals surface area contributed by atoms with Crippen LogP contribution in [0.4, 0.5) is 0 Å². The van der Waals surface area contributed by atoms with E-state index < -0.39 is 30.3 Å². The van der Waals surface area contributed by atoms with E-state index in [9.17, 15) is 10.2 Å². The van der Waals surface area contributed by atoms with E-state index >= 15 is 0 Å². The average Bonchev–Trinajstić information content (AvgIpc) is 2.63. The Morgan fingerprint density at radius 3 is 2.29 bits per heavy atom. The molecule has 0 aromatic heterocycles. The summed E-state index contributed by atoms with van der Waals surface area (Å²) in [5.41, 5.74) is -2.30. The summed E-state index contributed by atoms with van der Waals surface area (Å²) in [7, 11) is 0. The quantitative estimate of drug-likeness (QED) is 0.298. The molecule has 5 atom stereocenters. The van der Waals surface area contributed by atoms with Crippen molar-refractivity contribution >= 4 is 0 Å². The van der Waals surface area contributed by atoms with Crippen molar-refractivity contribution < 1.29 is 25.2 Å². The van der Waals surface area contributed by atoms with Crippen molar-refractivity contribution in [2.24, 2.45) is 0 Å². The van der Waals surface area contributed by atoms with Crippen molar-refractivity contribution in [3.05, 3.63) is 0 Å². The second-order valence-electron chi connectivity index (χ2n) is 4.72. The zero-order valence-electron chi connectivity index (χ0n) is 9.76. The zero-order chi connectivity index (χ0) is 12.7. The van der Waals surface area contributed by atoms with Crippen molar-refractivity contribution in [2.75, 3.05) is 19.8 Å². The van der Waals surface area contributed by atoms with Crippen molar-refractivity contribution in [3.63, 3.8) is 0 Å². The molecular formula is C10H20N2O5. The van der Waals surface area contributed by atoms with Gasteiger partial charge in [0, 0.05) is 12.6 Å². The summed E-state index contributed by atoms with van der Waals surface area (Å²) in [4.78, 5) is 0. The van der Waals surface area contributed by atoms with Crippen LogP contribution in [0.15, 0.2) is 0 Å². The van der Waals surface area contributed by atoms with E-state index in [1.807, 2.05) is 6.92 Å². The summed E-state index contributed by atoms with van der Waals surface area (Å²) in [6.45, 7) is 1.78. The Balaban J connectivity index is 1.95. The lowest BCUT2D eigenvalue weighted by molar-refractivity contribution is -0.287. The molecule has 3 heterocycles. The van der Waals surface area contributed by atoms with Crippen LogP contribution in [-0.2, 0) is 4.74 Å². The fraction of sp³-hybridized carbons (Fsp3) is 1.00. The van der Waals surface area contributed by atoms with Gasteiger partial charge in [-0.1, -0.05) is 6.92 Å². The normalized spacial score (nSPS) is 45.7. The Bertz CT molecular complexity index is 278. The van der Waals surface area contributed by atoms with E-state index in [1.54, 1.807) is 0 Å². The van der Waals surface area contributed by atoms with Crippen molar-refractivity contribution in [3.8, 4) is 0 Å². The maximum Gasteiger partial charge on any atom is 0.176 e. The van der Waals surface area contributed by atoms with Gasteiger partial charge in [-0.3, -0.25) is 5.32 Å². The van der Waals surface area contributed by atoms with Gasteiger partial charge >= 0.3 is 0 Å². The smallest absolute Gasteiger partial charge is 0.176 e. The van der Waals surface area contributed by atoms with Crippen LogP contribution in [-0.4, -0.2) is 69.9 Å². The molecule has 3 rings (SSSR count). The molecule has 2 bridgehead atoms. The number of nitrogens with one attached hydrogen (secondary N) is 2. The minimum atomic E-state index is -1.23. The van der Waals surface area contributed by atoms with Crippen molar-refractivity contribution in [1.29, 1.82) is 0 Å². The Morgan fingerprint density at radius 2 is 1.88 bits per heavy atom. The Labute approximate surface area is 99.4 Å². The minimum absolute atomic E-state index is 0.00360. The molecule has 0 aliphatic carbocycles. The molecule has 3 fully saturated rings. The lowest BCUT2D eigenvalue weighted by Gasteiger charge is -2.48. The van der Waals surface area contributed by atoms with E-state index in [4.69, 9.17) is 14.9 Å². The molecule has 6 N–H and O–H groups in total. The van der Waals surface area contributed by atoms with Crippen LogP contribution in [0.1, 0.15) is 13.3 Å². The van der Waals surface area contributed by atoms with Crippen LogP contribution < -0.4 is 10.6 Å². The molecule has 0 radical (unpaired) electrons. The first-order valence-electron chi connectivity index (χ1n) is 5.84. The number of fused-ring (bicyclic) bond motifs is 1. The molecule has 0 amide bonds. The zero-order valence-corrected chi connectivity index (χ0v) is 9.76. The highest BCUT2D eigenvalue weighted by molar-refractivity contribution is 5.19. The van der Waals surface area contributed by atoms with E-state index in [1.165, 1.54) is 0 Å². The molecule has 1 unspecified atom stereocenters. The fourth-order valence-electron chi connectivity index (χ4n) is 2.45. The summed E-state index contributed by atoms with van der Waals surface area (Å²) >= 11 is 0. The highest BCUT2D eigenvalue weighted by Crippen LogP contribution is 2.45. The molecule has 7 heteroatoms. The van der Waals surface area contributed by atoms with Crippen LogP contribution in [0.3, 0.4) is 0 Å². The van der Waals surface area contributed by atoms with Gasteiger partial charge in [-0.25, -0.2) is 0 Å². The fourth-order valence-corrected chi connectivity index (χ4v) is 2.45. The topological polar surface area (TPSA) is 114 Å². The van der Waals surface area contributed by atoms with Crippen molar-refractivity contribution in [1.82, 2.24) is 10.6 Å². The molecule has 7 nitrogen and oxygen atoms in total. The third-order valence-electron chi connectivity index (χ3n) is 3.64. The summed E-state index contributed by atoms with van der Waals surface area (Å²) in [5, 5.41) is 43.7. The first kappa shape index (κ1) is 13.2. The standard InChI is InChI=1S/C10H20N2O5/c1-2-6(3-13)11-4-9-7(15)8(16)10(5-14,12-9)17-9/h6-8,11-16H,2-5H2,1H3/t6?,7-,8-,9-,10+/m0/s1. The van der Waals surface area contributed by atoms with Gasteiger partial charge < -0.3 is 30.5 Å². The van der Waals surface area contributed by atoms with Crippen LogP contribution in [0.2, 0.25) is 0 Å². The van der Waals surface area contributed by atoms with Gasteiger partial charge in [-0.2, -0.15) is 0 Å². The number of ether oxygens (including phenoxy) is 1. The molecule has 100 valence electrons. The maximum atomic E-state index is 9.86. The van der Waals surface area contributed by atoms with Gasteiger partial charge in [0.05, 0.1) is 13.2 Å². The van der Waals surface area contributed by atoms with Crippen LogP contribution in [0.5, 0.6) is 0 Å². The Morgan fingerprint density at radius 1 is 1.29 bits per heavy atom. The van der Waals surface area contributed by atoms with E-state index in [0.717, 1.165) is 6.42 Å². The molecule has 3 aliphatic heterocycles. The maximum absolute atomic E-state index is 9.86. The Kier molecular flexibility index (Phi) is 3.43. The molecule has 0 aromatic carbocycles. The van der Waals surface area contributed by atoms with Gasteiger partial charge in [-0.15, -0.1) is 0 Å². The predicted molar refractivity (Wildman–Crippen MR) is 57.9 cm³/mol. The number of aliphatic hydroxyl groups is 4. The predicted octanol–water partition coefficient (Wildman–Crippen LogP) is -2.91. The van der Waals surface area contributed by atoms with E-state index in [2.05, 4.69) is 10.6 Å². The van der Waals surface area contributed by atoms with Gasteiger partial charge in [0.15, 0.2) is 11.4 Å². The van der Waals surface area contributed by atoms with Crippen LogP contribution >= 0.6 is 0 Å². The first-order chi connectivity index (χ1) is 8.03. The number of rotatable bonds is 6. The van der Waals surface area contributed by atoms with Gasteiger partial charge in [0.1, 0.15) is 12.2 Å². The average molecular weight is 248 g/mol. The summed E-state index contributed by atoms with van der Waals surface area (Å²) in [5.74, 6) is 0. The minimum Gasteiger partial charge on any atom is -0.395 e. The summed E-state index contributed by atoms with van der Waals surface area (Å²) in [6, 6.07) is -0.0798. The number of aliphatic hydroxyl groups excluding tert-OH is 4. The highest BCUT2D eigenvalue weighted by atomic mass is 16.6. The van der Waals surface area contributed by atoms with E-state index in [-0.39, 0.29) is 19.2 Å². The third kappa shape index (κ3) is 1.78. The number of hydrogen-bond acceptors (Lipinski definition) is 7. The van der Waals surface area contributed by atoms with Crippen molar-refractivity contribution in [2.45, 2.75) is 43.0 Å². The lowest BCUT2D eigenvalue weighted by Crippen LogP contribution is -2.75. The first-order valence-corrected chi connectivity index (χ1v) is 5.84. The molecule has 3 aliphatic rings. The van der Waals surface area contributed by atoms with Crippen LogP contribution in [0.25, 0.3) is 0 Å². The SMILES string of the molecule is CCC(CO)NC[C@]12N[C@](CO)(O1)[C@@H](O)[C@@H]2O. The van der Waals surface area contributed by atoms with Crippen LogP contribution in [0, 0.1) is 0 Å². The molecule has 0 aromatic rings. The van der Waals surface area contributed by atoms with E-state index in [0.29, 0.717) is 0 Å². The lowest BCUT2D eigenvalue weighted by atomic mass is 10.1. The monoisotopic (exact) mass is 248 g/mol. The van der Waals surface area contributed by atoms with Gasteiger partial charge in [0.25, 0.3) is 0 Å². The number of hydrogen-bond donors (Lipinski definition) is 6. The molecule has 17 heavy (non-hydrogen) atoms. The second-order valence-corrected chi connectivity index (χ2v) is 4.72. The van der Waals surface area contributed by atoms with Gasteiger partial charge in [-0.05, 0) is 6.42 Å². The summed E-state index contributed by atoms with van der Waals surface area (Å²) in [6.07, 6.45) is -1.50. The summed E-state index contributed by atoms with van der Waals surface area (Å²) < 4.78 is 5.43. The van der Waals surface area contributed by atoms with Gasteiger partial charge in [0.2, 0.25) is 0 Å². The third-order valence-corrected chi connectivity index (χ3v) is 3.64. The Hall–Kier alpha value is -0.280.